The van der Waals surface area contributed by atoms with E-state index in [9.17, 15) is 0 Å². The molecule has 55 heavy (non-hydrogen) atoms. The SMILES string of the molecule is C1=Cc2c(N(c3ccc(-c4ccccc4)cc3)c3ccc(-c4ccccc4)cc3)ccc3c2C(C1)c1cccc(N(c2ccccc2)c2ccccc2)c1O3. The second-order valence-corrected chi connectivity index (χ2v) is 14.1. The predicted molar refractivity (Wildman–Crippen MR) is 229 cm³/mol. The zero-order chi connectivity index (χ0) is 36.6. The van der Waals surface area contributed by atoms with Crippen LogP contribution in [0.4, 0.5) is 34.1 Å². The number of rotatable bonds is 8. The van der Waals surface area contributed by atoms with E-state index in [1.807, 2.05) is 0 Å². The van der Waals surface area contributed by atoms with Crippen LogP contribution in [0.1, 0.15) is 29.0 Å². The normalized spacial score (nSPS) is 13.6. The van der Waals surface area contributed by atoms with Crippen molar-refractivity contribution in [3.63, 3.8) is 0 Å². The van der Waals surface area contributed by atoms with Crippen molar-refractivity contribution < 1.29 is 4.74 Å². The first-order valence-electron chi connectivity index (χ1n) is 19.0. The Kier molecular flexibility index (Phi) is 8.31. The van der Waals surface area contributed by atoms with Crippen LogP contribution < -0.4 is 14.5 Å². The van der Waals surface area contributed by atoms with Gasteiger partial charge >= 0.3 is 0 Å². The molecule has 8 aromatic rings. The van der Waals surface area contributed by atoms with Gasteiger partial charge in [-0.15, -0.1) is 0 Å². The smallest absolute Gasteiger partial charge is 0.155 e. The molecule has 0 aromatic heterocycles. The van der Waals surface area contributed by atoms with Gasteiger partial charge in [0.05, 0.1) is 11.4 Å². The number of hydrogen-bond acceptors (Lipinski definition) is 3. The van der Waals surface area contributed by atoms with Gasteiger partial charge in [0.15, 0.2) is 5.75 Å². The Morgan fingerprint density at radius 3 is 1.42 bits per heavy atom. The Bertz CT molecular complexity index is 2500. The zero-order valence-electron chi connectivity index (χ0n) is 30.3. The molecule has 2 aliphatic rings. The minimum Gasteiger partial charge on any atom is -0.455 e. The van der Waals surface area contributed by atoms with Gasteiger partial charge in [-0.3, -0.25) is 0 Å². The first kappa shape index (κ1) is 32.5. The monoisotopic (exact) mass is 706 g/mol. The first-order chi connectivity index (χ1) is 27.3. The van der Waals surface area contributed by atoms with Crippen molar-refractivity contribution in [2.75, 3.05) is 9.80 Å². The van der Waals surface area contributed by atoms with Gasteiger partial charge in [0.25, 0.3) is 0 Å². The Morgan fingerprint density at radius 2 is 0.873 bits per heavy atom. The summed E-state index contributed by atoms with van der Waals surface area (Å²) in [6, 6.07) is 71.1. The highest BCUT2D eigenvalue weighted by atomic mass is 16.5. The number of anilines is 6. The summed E-state index contributed by atoms with van der Waals surface area (Å²) >= 11 is 0. The Hall–Kier alpha value is -7.10. The molecule has 0 spiro atoms. The van der Waals surface area contributed by atoms with Crippen LogP contribution in [-0.2, 0) is 0 Å². The van der Waals surface area contributed by atoms with Crippen LogP contribution in [0, 0.1) is 0 Å². The summed E-state index contributed by atoms with van der Waals surface area (Å²) in [5.41, 5.74) is 14.9. The van der Waals surface area contributed by atoms with Crippen LogP contribution in [0.3, 0.4) is 0 Å². The molecule has 3 heteroatoms. The molecule has 0 amide bonds. The lowest BCUT2D eigenvalue weighted by atomic mass is 9.79. The number of hydrogen-bond donors (Lipinski definition) is 0. The summed E-state index contributed by atoms with van der Waals surface area (Å²) in [7, 11) is 0. The van der Waals surface area contributed by atoms with Crippen LogP contribution in [0.15, 0.2) is 206 Å². The lowest BCUT2D eigenvalue weighted by Crippen LogP contribution is -2.19. The Morgan fingerprint density at radius 1 is 0.400 bits per heavy atom. The molecule has 0 saturated carbocycles. The minimum atomic E-state index is 0.148. The summed E-state index contributed by atoms with van der Waals surface area (Å²) in [5.74, 6) is 1.97. The van der Waals surface area contributed by atoms with E-state index in [1.165, 1.54) is 38.9 Å². The third-order valence-electron chi connectivity index (χ3n) is 10.8. The van der Waals surface area contributed by atoms with Crippen molar-refractivity contribution in [3.8, 4) is 33.8 Å². The summed E-state index contributed by atoms with van der Waals surface area (Å²) in [6.45, 7) is 0. The number of allylic oxidation sites excluding steroid dienone is 1. The number of ether oxygens (including phenoxy) is 1. The van der Waals surface area contributed by atoms with Gasteiger partial charge in [-0.1, -0.05) is 146 Å². The fraction of sp³-hybridized carbons (Fsp3) is 0.0385. The van der Waals surface area contributed by atoms with E-state index in [4.69, 9.17) is 4.74 Å². The molecule has 1 unspecified atom stereocenters. The van der Waals surface area contributed by atoms with Gasteiger partial charge < -0.3 is 14.5 Å². The van der Waals surface area contributed by atoms with Crippen LogP contribution >= 0.6 is 0 Å². The molecule has 8 aromatic carbocycles. The average molecular weight is 707 g/mol. The van der Waals surface area contributed by atoms with Crippen molar-refractivity contribution in [3.05, 3.63) is 223 Å². The number of para-hydroxylation sites is 3. The molecule has 0 N–H and O–H groups in total. The molecule has 1 heterocycles. The Labute approximate surface area is 322 Å². The molecule has 1 aliphatic carbocycles. The standard InChI is InChI=1S/C52H38N2O/c1-5-15-37(16-6-1)39-27-31-43(32-28-39)53(44-33-29-40(30-34-44)38-17-7-2-8-18-38)48-35-36-50-51-45(23-13-25-47(48)51)46-24-14-26-49(52(46)55-50)54(41-19-9-3-10-20-41)42-21-11-4-12-22-42/h1-22,24-36,45H,23H2. The van der Waals surface area contributed by atoms with Crippen molar-refractivity contribution >= 4 is 40.2 Å². The number of fused-ring (bicyclic) bond motifs is 2. The molecular formula is C52H38N2O. The molecule has 10 rings (SSSR count). The maximum Gasteiger partial charge on any atom is 0.155 e. The van der Waals surface area contributed by atoms with Gasteiger partial charge in [0.2, 0.25) is 0 Å². The van der Waals surface area contributed by atoms with Crippen LogP contribution in [0.25, 0.3) is 28.3 Å². The maximum absolute atomic E-state index is 7.06. The molecule has 262 valence electrons. The largest absolute Gasteiger partial charge is 0.455 e. The molecule has 3 nitrogen and oxygen atoms in total. The highest BCUT2D eigenvalue weighted by Crippen LogP contribution is 2.56. The van der Waals surface area contributed by atoms with E-state index in [0.29, 0.717) is 0 Å². The van der Waals surface area contributed by atoms with E-state index in [-0.39, 0.29) is 5.92 Å². The van der Waals surface area contributed by atoms with Gasteiger partial charge in [-0.2, -0.15) is 0 Å². The highest BCUT2D eigenvalue weighted by molar-refractivity contribution is 5.89. The van der Waals surface area contributed by atoms with Crippen molar-refractivity contribution in [2.45, 2.75) is 12.3 Å². The van der Waals surface area contributed by atoms with E-state index < -0.39 is 0 Å². The molecule has 0 radical (unpaired) electrons. The third kappa shape index (κ3) is 5.97. The lowest BCUT2D eigenvalue weighted by molar-refractivity contribution is 0.446. The number of nitrogens with zero attached hydrogens (tertiary/aromatic N) is 2. The predicted octanol–water partition coefficient (Wildman–Crippen LogP) is 14.6. The molecular weight excluding hydrogens is 669 g/mol. The van der Waals surface area contributed by atoms with Crippen LogP contribution in [0.5, 0.6) is 11.5 Å². The van der Waals surface area contributed by atoms with E-state index >= 15 is 0 Å². The molecule has 0 fully saturated rings. The lowest BCUT2D eigenvalue weighted by Gasteiger charge is -2.37. The van der Waals surface area contributed by atoms with Gasteiger partial charge in [0.1, 0.15) is 5.75 Å². The average Bonchev–Trinajstić information content (AvgIpc) is 3.27. The fourth-order valence-corrected chi connectivity index (χ4v) is 8.24. The van der Waals surface area contributed by atoms with Crippen molar-refractivity contribution in [1.82, 2.24) is 0 Å². The van der Waals surface area contributed by atoms with E-state index in [2.05, 4.69) is 222 Å². The summed E-state index contributed by atoms with van der Waals surface area (Å²) in [4.78, 5) is 4.70. The zero-order valence-corrected chi connectivity index (χ0v) is 30.3. The van der Waals surface area contributed by atoms with E-state index in [1.54, 1.807) is 0 Å². The highest BCUT2D eigenvalue weighted by Gasteiger charge is 2.35. The summed E-state index contributed by atoms with van der Waals surface area (Å²) < 4.78 is 7.06. The van der Waals surface area contributed by atoms with Crippen molar-refractivity contribution in [2.24, 2.45) is 0 Å². The summed E-state index contributed by atoms with van der Waals surface area (Å²) in [6.07, 6.45) is 5.54. The molecule has 1 aliphatic heterocycles. The summed E-state index contributed by atoms with van der Waals surface area (Å²) in [5, 5.41) is 0. The molecule has 0 saturated heterocycles. The second kappa shape index (κ2) is 14.0. The second-order valence-electron chi connectivity index (χ2n) is 14.1. The van der Waals surface area contributed by atoms with E-state index in [0.717, 1.165) is 52.0 Å². The Balaban J connectivity index is 1.10. The molecule has 1 atom stereocenters. The van der Waals surface area contributed by atoms with Gasteiger partial charge in [-0.25, -0.2) is 0 Å². The minimum absolute atomic E-state index is 0.148. The first-order valence-corrected chi connectivity index (χ1v) is 19.0. The maximum atomic E-state index is 7.06. The van der Waals surface area contributed by atoms with Crippen molar-refractivity contribution in [1.29, 1.82) is 0 Å². The topological polar surface area (TPSA) is 15.7 Å². The van der Waals surface area contributed by atoms with Gasteiger partial charge in [-0.05, 0) is 95.4 Å². The quantitative estimate of drug-likeness (QED) is 0.156. The van der Waals surface area contributed by atoms with Crippen LogP contribution in [0.2, 0.25) is 0 Å². The van der Waals surface area contributed by atoms with Crippen LogP contribution in [-0.4, -0.2) is 0 Å². The van der Waals surface area contributed by atoms with Gasteiger partial charge in [0, 0.05) is 45.4 Å². The third-order valence-corrected chi connectivity index (χ3v) is 10.8. The number of benzene rings is 8. The molecule has 0 bridgehead atoms. The fourth-order valence-electron chi connectivity index (χ4n) is 8.24.